The molecule has 0 fully saturated rings. The number of aliphatic hydroxyl groups excluding tert-OH is 1. The van der Waals surface area contributed by atoms with Crippen molar-refractivity contribution < 1.29 is 9.84 Å². The molecule has 5 heteroatoms. The fourth-order valence-corrected chi connectivity index (χ4v) is 1.36. The molecule has 1 atom stereocenters. The van der Waals surface area contributed by atoms with Crippen LogP contribution in [-0.4, -0.2) is 41.9 Å². The van der Waals surface area contributed by atoms with Crippen LogP contribution in [0.2, 0.25) is 0 Å². The van der Waals surface area contributed by atoms with E-state index < -0.39 is 0 Å². The molecule has 0 aliphatic rings. The van der Waals surface area contributed by atoms with Gasteiger partial charge >= 0.3 is 0 Å². The number of aromatic nitrogens is 2. The highest BCUT2D eigenvalue weighted by Crippen LogP contribution is 2.12. The number of hydrogen-bond donors (Lipinski definition) is 1. The average Bonchev–Trinajstić information content (AvgIpc) is 2.28. The maximum atomic E-state index is 9.03. The highest BCUT2D eigenvalue weighted by molar-refractivity contribution is 5.32. The van der Waals surface area contributed by atoms with Gasteiger partial charge in [0.2, 0.25) is 5.95 Å². The summed E-state index contributed by atoms with van der Waals surface area (Å²) in [6.07, 6.45) is 1.66. The second kappa shape index (κ2) is 5.77. The molecule has 0 saturated heterocycles. The van der Waals surface area contributed by atoms with Crippen molar-refractivity contribution in [3.8, 4) is 0 Å². The van der Waals surface area contributed by atoms with Crippen molar-refractivity contribution >= 4 is 5.95 Å². The van der Waals surface area contributed by atoms with Gasteiger partial charge < -0.3 is 14.7 Å². The largest absolute Gasteiger partial charge is 0.392 e. The first-order valence-corrected chi connectivity index (χ1v) is 5.25. The summed E-state index contributed by atoms with van der Waals surface area (Å²) in [4.78, 5) is 10.5. The maximum absolute atomic E-state index is 9.03. The first-order chi connectivity index (χ1) is 7.60. The standard InChI is InChI=1S/C11H19N3O2/c1-8(7-16-4)14(3)11-12-5-10(6-15)9(2)13-11/h5,8,15H,6-7H2,1-4H3. The Morgan fingerprint density at radius 2 is 2.25 bits per heavy atom. The van der Waals surface area contributed by atoms with E-state index in [4.69, 9.17) is 9.84 Å². The van der Waals surface area contributed by atoms with Gasteiger partial charge in [0.25, 0.3) is 0 Å². The van der Waals surface area contributed by atoms with E-state index in [-0.39, 0.29) is 12.6 Å². The molecule has 0 bridgehead atoms. The van der Waals surface area contributed by atoms with E-state index in [1.165, 1.54) is 0 Å². The van der Waals surface area contributed by atoms with E-state index in [1.54, 1.807) is 13.3 Å². The predicted molar refractivity (Wildman–Crippen MR) is 62.4 cm³/mol. The molecule has 0 aliphatic heterocycles. The highest BCUT2D eigenvalue weighted by atomic mass is 16.5. The van der Waals surface area contributed by atoms with E-state index in [1.807, 2.05) is 25.8 Å². The number of anilines is 1. The lowest BCUT2D eigenvalue weighted by Crippen LogP contribution is -2.34. The molecule has 0 radical (unpaired) electrons. The SMILES string of the molecule is COCC(C)N(C)c1ncc(CO)c(C)n1. The first-order valence-electron chi connectivity index (χ1n) is 5.25. The van der Waals surface area contributed by atoms with E-state index >= 15 is 0 Å². The normalized spacial score (nSPS) is 12.6. The van der Waals surface area contributed by atoms with Crippen LogP contribution in [0.4, 0.5) is 5.95 Å². The number of likely N-dealkylation sites (N-methyl/N-ethyl adjacent to an activating group) is 1. The van der Waals surface area contributed by atoms with Crippen LogP contribution in [0.15, 0.2) is 6.20 Å². The molecular formula is C11H19N3O2. The summed E-state index contributed by atoms with van der Waals surface area (Å²) in [5.41, 5.74) is 1.57. The minimum Gasteiger partial charge on any atom is -0.392 e. The molecule has 16 heavy (non-hydrogen) atoms. The Morgan fingerprint density at radius 3 is 2.75 bits per heavy atom. The second-order valence-corrected chi connectivity index (χ2v) is 3.85. The number of rotatable bonds is 5. The van der Waals surface area contributed by atoms with Gasteiger partial charge in [-0.15, -0.1) is 0 Å². The smallest absolute Gasteiger partial charge is 0.225 e. The lowest BCUT2D eigenvalue weighted by molar-refractivity contribution is 0.183. The Hall–Kier alpha value is -1.20. The van der Waals surface area contributed by atoms with Gasteiger partial charge in [-0.1, -0.05) is 0 Å². The molecule has 1 rings (SSSR count). The van der Waals surface area contributed by atoms with Gasteiger partial charge in [-0.25, -0.2) is 9.97 Å². The van der Waals surface area contributed by atoms with Crippen LogP contribution in [0.25, 0.3) is 0 Å². The maximum Gasteiger partial charge on any atom is 0.225 e. The van der Waals surface area contributed by atoms with Crippen LogP contribution in [0.3, 0.4) is 0 Å². The Morgan fingerprint density at radius 1 is 1.56 bits per heavy atom. The number of hydrogen-bond acceptors (Lipinski definition) is 5. The molecule has 90 valence electrons. The third-order valence-electron chi connectivity index (χ3n) is 2.62. The molecule has 1 aromatic heterocycles. The third-order valence-corrected chi connectivity index (χ3v) is 2.62. The summed E-state index contributed by atoms with van der Waals surface area (Å²) in [5, 5.41) is 9.03. The van der Waals surface area contributed by atoms with Crippen molar-refractivity contribution in [1.82, 2.24) is 9.97 Å². The summed E-state index contributed by atoms with van der Waals surface area (Å²) >= 11 is 0. The highest BCUT2D eigenvalue weighted by Gasteiger charge is 2.13. The summed E-state index contributed by atoms with van der Waals surface area (Å²) in [6, 6.07) is 0.212. The third kappa shape index (κ3) is 2.90. The van der Waals surface area contributed by atoms with Crippen LogP contribution in [0, 0.1) is 6.92 Å². The molecular weight excluding hydrogens is 206 g/mol. The Labute approximate surface area is 96.1 Å². The van der Waals surface area contributed by atoms with Gasteiger partial charge in [-0.2, -0.15) is 0 Å². The van der Waals surface area contributed by atoms with Crippen LogP contribution in [-0.2, 0) is 11.3 Å². The Balaban J connectivity index is 2.84. The van der Waals surface area contributed by atoms with Gasteiger partial charge in [0.1, 0.15) is 0 Å². The molecule has 1 heterocycles. The van der Waals surface area contributed by atoms with Crippen molar-refractivity contribution in [2.75, 3.05) is 25.7 Å². The summed E-state index contributed by atoms with van der Waals surface area (Å²) in [6.45, 7) is 4.51. The van der Waals surface area contributed by atoms with Gasteiger partial charge in [0.15, 0.2) is 0 Å². The van der Waals surface area contributed by atoms with Crippen molar-refractivity contribution in [1.29, 1.82) is 0 Å². The molecule has 0 aliphatic carbocycles. The van der Waals surface area contributed by atoms with Crippen LogP contribution in [0.5, 0.6) is 0 Å². The molecule has 1 unspecified atom stereocenters. The van der Waals surface area contributed by atoms with E-state index in [2.05, 4.69) is 9.97 Å². The molecule has 1 aromatic rings. The molecule has 0 spiro atoms. The quantitative estimate of drug-likeness (QED) is 0.801. The van der Waals surface area contributed by atoms with E-state index in [9.17, 15) is 0 Å². The van der Waals surface area contributed by atoms with Gasteiger partial charge in [0.05, 0.1) is 19.3 Å². The molecule has 0 amide bonds. The fourth-order valence-electron chi connectivity index (χ4n) is 1.36. The van der Waals surface area contributed by atoms with Gasteiger partial charge in [0, 0.05) is 31.6 Å². The van der Waals surface area contributed by atoms with E-state index in [0.717, 1.165) is 11.3 Å². The Bertz CT molecular complexity index is 344. The van der Waals surface area contributed by atoms with Crippen molar-refractivity contribution in [3.05, 3.63) is 17.5 Å². The van der Waals surface area contributed by atoms with Gasteiger partial charge in [-0.05, 0) is 13.8 Å². The van der Waals surface area contributed by atoms with Crippen molar-refractivity contribution in [2.45, 2.75) is 26.5 Å². The van der Waals surface area contributed by atoms with E-state index in [0.29, 0.717) is 12.6 Å². The van der Waals surface area contributed by atoms with Crippen LogP contribution >= 0.6 is 0 Å². The number of methoxy groups -OCH3 is 1. The summed E-state index contributed by atoms with van der Waals surface area (Å²) < 4.78 is 5.08. The zero-order valence-electron chi connectivity index (χ0n) is 10.3. The summed E-state index contributed by atoms with van der Waals surface area (Å²) in [5.74, 6) is 0.652. The average molecular weight is 225 g/mol. The van der Waals surface area contributed by atoms with Crippen molar-refractivity contribution in [2.24, 2.45) is 0 Å². The lowest BCUT2D eigenvalue weighted by Gasteiger charge is -2.24. The topological polar surface area (TPSA) is 58.5 Å². The molecule has 5 nitrogen and oxygen atoms in total. The number of aryl methyl sites for hydroxylation is 1. The predicted octanol–water partition coefficient (Wildman–Crippen LogP) is 0.748. The number of ether oxygens (including phenoxy) is 1. The number of aliphatic hydroxyl groups is 1. The zero-order valence-corrected chi connectivity index (χ0v) is 10.3. The van der Waals surface area contributed by atoms with Crippen LogP contribution < -0.4 is 4.90 Å². The minimum atomic E-state index is -0.0244. The summed E-state index contributed by atoms with van der Waals surface area (Å²) in [7, 11) is 3.60. The molecule has 0 aromatic carbocycles. The minimum absolute atomic E-state index is 0.0244. The van der Waals surface area contributed by atoms with Crippen LogP contribution in [0.1, 0.15) is 18.2 Å². The molecule has 1 N–H and O–H groups in total. The van der Waals surface area contributed by atoms with Gasteiger partial charge in [-0.3, -0.25) is 0 Å². The lowest BCUT2D eigenvalue weighted by atomic mass is 10.2. The number of nitrogens with zero attached hydrogens (tertiary/aromatic N) is 3. The Kier molecular flexibility index (Phi) is 4.64. The molecule has 0 saturated carbocycles. The monoisotopic (exact) mass is 225 g/mol. The second-order valence-electron chi connectivity index (χ2n) is 3.85. The zero-order chi connectivity index (χ0) is 12.1. The first kappa shape index (κ1) is 12.9. The van der Waals surface area contributed by atoms with Crippen molar-refractivity contribution in [3.63, 3.8) is 0 Å². The fraction of sp³-hybridized carbons (Fsp3) is 0.636.